The number of hydrogen-bond donors (Lipinski definition) is 0. The average Bonchev–Trinajstić information content (AvgIpc) is 2.58. The van der Waals surface area contributed by atoms with E-state index in [1.807, 2.05) is 0 Å². The van der Waals surface area contributed by atoms with Crippen LogP contribution in [0.25, 0.3) is 10.4 Å². The zero-order chi connectivity index (χ0) is 20.0. The Bertz CT molecular complexity index is 625. The fraction of sp³-hybridized carbons (Fsp3) is 0.750. The van der Waals surface area contributed by atoms with Gasteiger partial charge in [0.15, 0.2) is 12.4 Å². The topological polar surface area (TPSA) is 129 Å². The summed E-state index contributed by atoms with van der Waals surface area (Å²) in [5.41, 5.74) is 8.75. The Balaban J connectivity index is 2.13. The van der Waals surface area contributed by atoms with Crippen LogP contribution in [0.5, 0.6) is 0 Å². The lowest BCUT2D eigenvalue weighted by atomic mass is 9.99. The molecular formula is C16H22BrN3O7. The second kappa shape index (κ2) is 9.93. The van der Waals surface area contributed by atoms with Gasteiger partial charge in [0.25, 0.3) is 0 Å². The minimum Gasteiger partial charge on any atom is -0.493 e. The summed E-state index contributed by atoms with van der Waals surface area (Å²) >= 11 is 3.32. The van der Waals surface area contributed by atoms with Crippen LogP contribution in [-0.4, -0.2) is 60.1 Å². The number of hydrogen-bond acceptors (Lipinski definition) is 8. The summed E-state index contributed by atoms with van der Waals surface area (Å²) in [6.07, 6.45) is -0.409. The lowest BCUT2D eigenvalue weighted by Gasteiger charge is -2.40. The predicted molar refractivity (Wildman–Crippen MR) is 95.7 cm³/mol. The number of rotatable bonds is 6. The van der Waals surface area contributed by atoms with Crippen molar-refractivity contribution in [3.05, 3.63) is 22.8 Å². The molecule has 2 heterocycles. The number of alkyl halides is 1. The van der Waals surface area contributed by atoms with Crippen LogP contribution in [-0.2, 0) is 33.3 Å². The third kappa shape index (κ3) is 5.83. The summed E-state index contributed by atoms with van der Waals surface area (Å²) in [5.74, 6) is -0.952. The molecule has 0 radical (unpaired) electrons. The highest BCUT2D eigenvalue weighted by molar-refractivity contribution is 9.09. The molecule has 0 aliphatic carbocycles. The first kappa shape index (κ1) is 21.5. The summed E-state index contributed by atoms with van der Waals surface area (Å²) in [7, 11) is 0. The standard InChI is InChI=1S/C16H22BrN3O7/c1-8-15(19-20-18)12(25-9(2)21)6-14(24-8)27-11-4-5-23-13(7-17)16(11)26-10(3)22/h4-5,8,11-16H,6-7H2,1-3H3/t8-,11+,12-,13+,14-,15-,16-/m0/s1. The second-order valence-corrected chi connectivity index (χ2v) is 6.83. The number of carbonyl (C=O) groups is 2. The molecule has 0 saturated carbocycles. The molecular weight excluding hydrogens is 426 g/mol. The van der Waals surface area contributed by atoms with Gasteiger partial charge in [-0.1, -0.05) is 21.0 Å². The van der Waals surface area contributed by atoms with E-state index >= 15 is 0 Å². The van der Waals surface area contributed by atoms with Crippen LogP contribution in [0.4, 0.5) is 0 Å². The largest absolute Gasteiger partial charge is 0.493 e. The average molecular weight is 448 g/mol. The number of azide groups is 1. The summed E-state index contributed by atoms with van der Waals surface area (Å²) in [4.78, 5) is 25.6. The molecule has 11 heteroatoms. The van der Waals surface area contributed by atoms with Gasteiger partial charge in [-0.25, -0.2) is 0 Å². The van der Waals surface area contributed by atoms with Gasteiger partial charge in [-0.3, -0.25) is 9.59 Å². The number of halogens is 1. The fourth-order valence-corrected chi connectivity index (χ4v) is 3.55. The predicted octanol–water partition coefficient (Wildman–Crippen LogP) is 2.36. The van der Waals surface area contributed by atoms with Crippen LogP contribution in [0, 0.1) is 0 Å². The molecule has 0 spiro atoms. The third-order valence-corrected chi connectivity index (χ3v) is 4.77. The highest BCUT2D eigenvalue weighted by Crippen LogP contribution is 2.29. The van der Waals surface area contributed by atoms with E-state index in [0.29, 0.717) is 5.33 Å². The van der Waals surface area contributed by atoms with Crippen molar-refractivity contribution in [1.82, 2.24) is 0 Å². The van der Waals surface area contributed by atoms with Gasteiger partial charge < -0.3 is 23.7 Å². The molecule has 0 bridgehead atoms. The third-order valence-electron chi connectivity index (χ3n) is 4.13. The van der Waals surface area contributed by atoms with Crippen LogP contribution < -0.4 is 0 Å². The van der Waals surface area contributed by atoms with Crippen LogP contribution >= 0.6 is 15.9 Å². The lowest BCUT2D eigenvalue weighted by Crippen LogP contribution is -2.52. The minimum absolute atomic E-state index is 0.171. The van der Waals surface area contributed by atoms with E-state index in [4.69, 9.17) is 29.2 Å². The Hall–Kier alpha value is -1.81. The first-order chi connectivity index (χ1) is 12.8. The van der Waals surface area contributed by atoms with Gasteiger partial charge in [0, 0.05) is 30.5 Å². The van der Waals surface area contributed by atoms with Gasteiger partial charge in [0.05, 0.1) is 12.4 Å². The van der Waals surface area contributed by atoms with Crippen molar-refractivity contribution in [2.75, 3.05) is 5.33 Å². The number of nitrogens with zero attached hydrogens (tertiary/aromatic N) is 3. The van der Waals surface area contributed by atoms with Gasteiger partial charge in [-0.2, -0.15) is 0 Å². The number of carbonyl (C=O) groups excluding carboxylic acids is 2. The van der Waals surface area contributed by atoms with Crippen molar-refractivity contribution in [3.63, 3.8) is 0 Å². The summed E-state index contributed by atoms with van der Waals surface area (Å²) < 4.78 is 27.8. The van der Waals surface area contributed by atoms with Gasteiger partial charge in [-0.05, 0) is 18.5 Å². The van der Waals surface area contributed by atoms with Crippen molar-refractivity contribution < 1.29 is 33.3 Å². The van der Waals surface area contributed by atoms with E-state index in [9.17, 15) is 9.59 Å². The number of ether oxygens (including phenoxy) is 5. The van der Waals surface area contributed by atoms with Crippen molar-refractivity contribution in [1.29, 1.82) is 0 Å². The van der Waals surface area contributed by atoms with Crippen molar-refractivity contribution in [2.24, 2.45) is 5.11 Å². The van der Waals surface area contributed by atoms with Crippen LogP contribution in [0.1, 0.15) is 27.2 Å². The number of esters is 2. The van der Waals surface area contributed by atoms with E-state index in [1.54, 1.807) is 13.0 Å². The van der Waals surface area contributed by atoms with Gasteiger partial charge >= 0.3 is 11.9 Å². The molecule has 0 amide bonds. The van der Waals surface area contributed by atoms with E-state index in [1.165, 1.54) is 20.1 Å². The Morgan fingerprint density at radius 2 is 2.04 bits per heavy atom. The molecule has 0 N–H and O–H groups in total. The van der Waals surface area contributed by atoms with Crippen LogP contribution in [0.2, 0.25) is 0 Å². The first-order valence-electron chi connectivity index (χ1n) is 8.43. The van der Waals surface area contributed by atoms with Crippen molar-refractivity contribution in [3.8, 4) is 0 Å². The molecule has 1 fully saturated rings. The Morgan fingerprint density at radius 1 is 1.33 bits per heavy atom. The molecule has 2 rings (SSSR count). The zero-order valence-electron chi connectivity index (χ0n) is 15.2. The minimum atomic E-state index is -0.753. The second-order valence-electron chi connectivity index (χ2n) is 6.18. The van der Waals surface area contributed by atoms with E-state index in [0.717, 1.165) is 0 Å². The van der Waals surface area contributed by atoms with E-state index < -0.39 is 54.8 Å². The highest BCUT2D eigenvalue weighted by atomic mass is 79.9. The lowest BCUT2D eigenvalue weighted by molar-refractivity contribution is -0.250. The molecule has 0 aromatic heterocycles. The van der Waals surface area contributed by atoms with Gasteiger partial charge in [-0.15, -0.1) is 0 Å². The SMILES string of the molecule is CC(=O)O[C@H]1[C@H](O[C@H]2C[C@H](OC(C)=O)[C@@H](N=[N+]=[N-])[C@H](C)O2)C=CO[C@@H]1CBr. The highest BCUT2D eigenvalue weighted by Gasteiger charge is 2.42. The summed E-state index contributed by atoms with van der Waals surface area (Å²) in [6, 6.07) is -0.663. The van der Waals surface area contributed by atoms with Crippen LogP contribution in [0.15, 0.2) is 17.5 Å². The smallest absolute Gasteiger partial charge is 0.303 e. The van der Waals surface area contributed by atoms with Gasteiger partial charge in [0.1, 0.15) is 24.4 Å². The Morgan fingerprint density at radius 3 is 2.63 bits per heavy atom. The molecule has 0 aromatic rings. The zero-order valence-corrected chi connectivity index (χ0v) is 16.8. The maximum absolute atomic E-state index is 11.4. The maximum Gasteiger partial charge on any atom is 0.303 e. The molecule has 0 unspecified atom stereocenters. The fourth-order valence-electron chi connectivity index (χ4n) is 3.03. The maximum atomic E-state index is 11.4. The normalized spacial score (nSPS) is 35.5. The van der Waals surface area contributed by atoms with Crippen molar-refractivity contribution >= 4 is 27.9 Å². The Kier molecular flexibility index (Phi) is 7.91. The van der Waals surface area contributed by atoms with E-state index in [2.05, 4.69) is 26.0 Å². The molecule has 10 nitrogen and oxygen atoms in total. The monoisotopic (exact) mass is 447 g/mol. The van der Waals surface area contributed by atoms with E-state index in [-0.39, 0.29) is 6.42 Å². The molecule has 7 atom stereocenters. The molecule has 0 aromatic carbocycles. The van der Waals surface area contributed by atoms with Crippen LogP contribution in [0.3, 0.4) is 0 Å². The molecule has 27 heavy (non-hydrogen) atoms. The summed E-state index contributed by atoms with van der Waals surface area (Å²) in [5, 5.41) is 4.11. The molecule has 1 saturated heterocycles. The van der Waals surface area contributed by atoms with Crippen molar-refractivity contribution in [2.45, 2.75) is 70.0 Å². The molecule has 2 aliphatic heterocycles. The molecule has 2 aliphatic rings. The van der Waals surface area contributed by atoms with Gasteiger partial charge in [0.2, 0.25) is 0 Å². The Labute approximate surface area is 164 Å². The quantitative estimate of drug-likeness (QED) is 0.201. The summed E-state index contributed by atoms with van der Waals surface area (Å²) in [6.45, 7) is 4.29. The first-order valence-corrected chi connectivity index (χ1v) is 9.55. The molecule has 150 valence electrons.